The molecule has 0 saturated carbocycles. The molecule has 0 heterocycles. The lowest BCUT2D eigenvalue weighted by atomic mass is 9.84. The van der Waals surface area contributed by atoms with Gasteiger partial charge in [-0.05, 0) is 25.0 Å². The van der Waals surface area contributed by atoms with Gasteiger partial charge < -0.3 is 5.32 Å². The van der Waals surface area contributed by atoms with E-state index < -0.39 is 0 Å². The highest BCUT2D eigenvalue weighted by Gasteiger charge is 2.28. The second kappa shape index (κ2) is 4.96. The molecule has 82 valence electrons. The Hall–Kier alpha value is -1.31. The molecule has 2 nitrogen and oxygen atoms in total. The van der Waals surface area contributed by atoms with Crippen LogP contribution < -0.4 is 5.32 Å². The molecule has 1 amide bonds. The molecular formula is C13H19NO. The fraction of sp³-hybridized carbons (Fsp3) is 0.462. The van der Waals surface area contributed by atoms with Crippen LogP contribution in [0.3, 0.4) is 0 Å². The van der Waals surface area contributed by atoms with Gasteiger partial charge in [0.1, 0.15) is 0 Å². The first-order valence-corrected chi connectivity index (χ1v) is 5.49. The van der Waals surface area contributed by atoms with Gasteiger partial charge in [0, 0.05) is 11.1 Å². The van der Waals surface area contributed by atoms with E-state index in [2.05, 4.69) is 5.32 Å². The minimum absolute atomic E-state index is 0.110. The van der Waals surface area contributed by atoms with E-state index in [1.807, 2.05) is 51.1 Å². The molecule has 0 aromatic heterocycles. The molecule has 0 aliphatic carbocycles. The summed E-state index contributed by atoms with van der Waals surface area (Å²) in [5.74, 6) is 0.110. The molecule has 1 rings (SSSR count). The summed E-state index contributed by atoms with van der Waals surface area (Å²) in [5, 5.41) is 2.95. The molecule has 0 atom stereocenters. The topological polar surface area (TPSA) is 29.1 Å². The second-order valence-electron chi connectivity index (χ2n) is 4.09. The normalized spacial score (nSPS) is 11.1. The number of amides is 1. The maximum atomic E-state index is 12.0. The minimum atomic E-state index is -0.254. The zero-order valence-corrected chi connectivity index (χ0v) is 9.71. The van der Waals surface area contributed by atoms with E-state index in [1.165, 1.54) is 0 Å². The maximum Gasteiger partial charge on any atom is 0.230 e. The average molecular weight is 205 g/mol. The molecule has 1 aromatic carbocycles. The van der Waals surface area contributed by atoms with Crippen molar-refractivity contribution in [1.29, 1.82) is 0 Å². The van der Waals surface area contributed by atoms with E-state index in [1.54, 1.807) is 0 Å². The molecule has 0 radical (unpaired) electrons. The summed E-state index contributed by atoms with van der Waals surface area (Å²) >= 11 is 0. The number of carbonyl (C=O) groups is 1. The molecule has 0 saturated heterocycles. The predicted octanol–water partition coefficient (Wildman–Crippen LogP) is 3.45. The lowest BCUT2D eigenvalue weighted by molar-refractivity contribution is -0.125. The Morgan fingerprint density at radius 3 is 2.20 bits per heavy atom. The van der Waals surface area contributed by atoms with Crippen molar-refractivity contribution in [2.24, 2.45) is 5.41 Å². The van der Waals surface area contributed by atoms with Crippen molar-refractivity contribution >= 4 is 11.6 Å². The van der Waals surface area contributed by atoms with Crippen LogP contribution in [0.25, 0.3) is 0 Å². The van der Waals surface area contributed by atoms with Crippen molar-refractivity contribution in [2.75, 3.05) is 5.32 Å². The molecule has 15 heavy (non-hydrogen) atoms. The van der Waals surface area contributed by atoms with Gasteiger partial charge in [0.2, 0.25) is 5.91 Å². The molecule has 0 aliphatic rings. The van der Waals surface area contributed by atoms with Crippen molar-refractivity contribution in [2.45, 2.75) is 33.6 Å². The summed E-state index contributed by atoms with van der Waals surface area (Å²) < 4.78 is 0. The van der Waals surface area contributed by atoms with Crippen LogP contribution in [0.2, 0.25) is 0 Å². The molecule has 1 aromatic rings. The summed E-state index contributed by atoms with van der Waals surface area (Å²) in [7, 11) is 0. The number of carbonyl (C=O) groups excluding carboxylic acids is 1. The van der Waals surface area contributed by atoms with Crippen LogP contribution in [0.4, 0.5) is 5.69 Å². The Morgan fingerprint density at radius 1 is 1.20 bits per heavy atom. The van der Waals surface area contributed by atoms with Gasteiger partial charge in [0.05, 0.1) is 0 Å². The van der Waals surface area contributed by atoms with Gasteiger partial charge in [0.15, 0.2) is 0 Å². The third-order valence-corrected chi connectivity index (χ3v) is 3.14. The second-order valence-corrected chi connectivity index (χ2v) is 4.09. The number of anilines is 1. The summed E-state index contributed by atoms with van der Waals surface area (Å²) in [4.78, 5) is 12.0. The predicted molar refractivity (Wildman–Crippen MR) is 63.8 cm³/mol. The number of rotatable bonds is 4. The van der Waals surface area contributed by atoms with Gasteiger partial charge in [-0.3, -0.25) is 4.79 Å². The van der Waals surface area contributed by atoms with Crippen molar-refractivity contribution in [3.05, 3.63) is 30.3 Å². The Bertz CT molecular complexity index is 315. The van der Waals surface area contributed by atoms with Crippen LogP contribution in [0.15, 0.2) is 30.3 Å². The SMILES string of the molecule is CCC(C)(CC)C(=O)Nc1ccccc1. The van der Waals surface area contributed by atoms with E-state index in [0.29, 0.717) is 0 Å². The highest BCUT2D eigenvalue weighted by atomic mass is 16.2. The smallest absolute Gasteiger partial charge is 0.230 e. The average Bonchev–Trinajstić information content (AvgIpc) is 2.29. The number of hydrogen-bond acceptors (Lipinski definition) is 1. The molecule has 0 spiro atoms. The Morgan fingerprint density at radius 2 is 1.73 bits per heavy atom. The third kappa shape index (κ3) is 2.82. The summed E-state index contributed by atoms with van der Waals surface area (Å²) in [6.07, 6.45) is 1.73. The first-order chi connectivity index (χ1) is 7.12. The van der Waals surface area contributed by atoms with E-state index >= 15 is 0 Å². The summed E-state index contributed by atoms with van der Waals surface area (Å²) in [5.41, 5.74) is 0.617. The monoisotopic (exact) mass is 205 g/mol. The van der Waals surface area contributed by atoms with Crippen LogP contribution >= 0.6 is 0 Å². The van der Waals surface area contributed by atoms with E-state index in [9.17, 15) is 4.79 Å². The van der Waals surface area contributed by atoms with E-state index in [4.69, 9.17) is 0 Å². The van der Waals surface area contributed by atoms with E-state index in [-0.39, 0.29) is 11.3 Å². The molecule has 1 N–H and O–H groups in total. The Balaban J connectivity index is 2.71. The fourth-order valence-corrected chi connectivity index (χ4v) is 1.37. The van der Waals surface area contributed by atoms with Crippen LogP contribution in [0.1, 0.15) is 33.6 Å². The van der Waals surface area contributed by atoms with Crippen LogP contribution in [-0.4, -0.2) is 5.91 Å². The first-order valence-electron chi connectivity index (χ1n) is 5.49. The Kier molecular flexibility index (Phi) is 3.89. The van der Waals surface area contributed by atoms with Crippen LogP contribution in [0, 0.1) is 5.41 Å². The first kappa shape index (κ1) is 11.8. The quantitative estimate of drug-likeness (QED) is 0.801. The molecule has 0 fully saturated rings. The zero-order valence-electron chi connectivity index (χ0n) is 9.71. The summed E-state index contributed by atoms with van der Waals surface area (Å²) in [6.45, 7) is 6.10. The van der Waals surface area contributed by atoms with Crippen molar-refractivity contribution in [1.82, 2.24) is 0 Å². The fourth-order valence-electron chi connectivity index (χ4n) is 1.37. The van der Waals surface area contributed by atoms with Gasteiger partial charge in [-0.25, -0.2) is 0 Å². The van der Waals surface area contributed by atoms with Crippen molar-refractivity contribution in [3.63, 3.8) is 0 Å². The van der Waals surface area contributed by atoms with Crippen molar-refractivity contribution < 1.29 is 4.79 Å². The van der Waals surface area contributed by atoms with Gasteiger partial charge in [-0.1, -0.05) is 39.0 Å². The standard InChI is InChI=1S/C13H19NO/c1-4-13(3,5-2)12(15)14-11-9-7-6-8-10-11/h6-10H,4-5H2,1-3H3,(H,14,15). The molecule has 0 bridgehead atoms. The van der Waals surface area contributed by atoms with E-state index in [0.717, 1.165) is 18.5 Å². The number of nitrogens with one attached hydrogen (secondary N) is 1. The third-order valence-electron chi connectivity index (χ3n) is 3.14. The number of benzene rings is 1. The van der Waals surface area contributed by atoms with Crippen LogP contribution in [0.5, 0.6) is 0 Å². The van der Waals surface area contributed by atoms with Gasteiger partial charge in [-0.15, -0.1) is 0 Å². The Labute approximate surface area is 91.7 Å². The lowest BCUT2D eigenvalue weighted by Crippen LogP contribution is -2.32. The number of hydrogen-bond donors (Lipinski definition) is 1. The van der Waals surface area contributed by atoms with Gasteiger partial charge >= 0.3 is 0 Å². The molecular weight excluding hydrogens is 186 g/mol. The highest BCUT2D eigenvalue weighted by molar-refractivity contribution is 5.94. The van der Waals surface area contributed by atoms with Crippen molar-refractivity contribution in [3.8, 4) is 0 Å². The summed E-state index contributed by atoms with van der Waals surface area (Å²) in [6, 6.07) is 9.59. The van der Waals surface area contributed by atoms with Crippen LogP contribution in [-0.2, 0) is 4.79 Å². The largest absolute Gasteiger partial charge is 0.326 e. The zero-order chi connectivity index (χ0) is 11.3. The molecule has 0 unspecified atom stereocenters. The van der Waals surface area contributed by atoms with Gasteiger partial charge in [-0.2, -0.15) is 0 Å². The molecule has 0 aliphatic heterocycles. The highest BCUT2D eigenvalue weighted by Crippen LogP contribution is 2.27. The lowest BCUT2D eigenvalue weighted by Gasteiger charge is -2.25. The molecule has 2 heteroatoms. The number of para-hydroxylation sites is 1. The van der Waals surface area contributed by atoms with Gasteiger partial charge in [0.25, 0.3) is 0 Å². The maximum absolute atomic E-state index is 12.0. The minimum Gasteiger partial charge on any atom is -0.326 e.